The Labute approximate surface area is 103 Å². The van der Waals surface area contributed by atoms with Crippen LogP contribution >= 0.6 is 12.4 Å². The molecule has 1 aliphatic heterocycles. The van der Waals surface area contributed by atoms with Crippen molar-refractivity contribution in [1.29, 1.82) is 0 Å². The van der Waals surface area contributed by atoms with Gasteiger partial charge < -0.3 is 10.6 Å². The summed E-state index contributed by atoms with van der Waals surface area (Å²) in [6.45, 7) is 2.76. The molecule has 92 valence electrons. The van der Waals surface area contributed by atoms with E-state index in [4.69, 9.17) is 0 Å². The third-order valence-electron chi connectivity index (χ3n) is 3.37. The topological polar surface area (TPSA) is 41.1 Å². The third-order valence-corrected chi connectivity index (χ3v) is 3.37. The summed E-state index contributed by atoms with van der Waals surface area (Å²) < 4.78 is 0. The van der Waals surface area contributed by atoms with Crippen LogP contribution < -0.4 is 10.6 Å². The van der Waals surface area contributed by atoms with Crippen LogP contribution in [0.3, 0.4) is 0 Å². The zero-order valence-electron chi connectivity index (χ0n) is 9.63. The smallest absolute Gasteiger partial charge is 0.220 e. The summed E-state index contributed by atoms with van der Waals surface area (Å²) in [5.41, 5.74) is 1.37. The lowest BCUT2D eigenvalue weighted by Crippen LogP contribution is -2.31. The maximum atomic E-state index is 11.5. The first-order valence-electron chi connectivity index (χ1n) is 6.00. The Kier molecular flexibility index (Phi) is 5.85. The highest BCUT2D eigenvalue weighted by atomic mass is 35.5. The van der Waals surface area contributed by atoms with Gasteiger partial charge in [0.15, 0.2) is 0 Å². The molecule has 1 aliphatic carbocycles. The minimum atomic E-state index is 0. The molecule has 4 heteroatoms. The fourth-order valence-electron chi connectivity index (χ4n) is 2.07. The molecular weight excluding hydrogens is 224 g/mol. The number of halogens is 1. The van der Waals surface area contributed by atoms with Crippen LogP contribution in [0.1, 0.15) is 32.1 Å². The highest BCUT2D eigenvalue weighted by molar-refractivity contribution is 5.85. The Morgan fingerprint density at radius 2 is 2.31 bits per heavy atom. The normalized spacial score (nSPS) is 20.4. The highest BCUT2D eigenvalue weighted by Crippen LogP contribution is 2.29. The predicted molar refractivity (Wildman–Crippen MR) is 67.8 cm³/mol. The van der Waals surface area contributed by atoms with Gasteiger partial charge in [0.2, 0.25) is 5.91 Å². The molecule has 0 aromatic carbocycles. The van der Waals surface area contributed by atoms with Gasteiger partial charge >= 0.3 is 0 Å². The number of nitrogens with one attached hydrogen (secondary N) is 2. The molecule has 1 heterocycles. The molecule has 3 nitrogen and oxygen atoms in total. The monoisotopic (exact) mass is 244 g/mol. The summed E-state index contributed by atoms with van der Waals surface area (Å²) in [5, 5.41) is 6.28. The average molecular weight is 245 g/mol. The second kappa shape index (κ2) is 6.92. The Morgan fingerprint density at radius 3 is 2.88 bits per heavy atom. The van der Waals surface area contributed by atoms with E-state index in [0.29, 0.717) is 5.92 Å². The largest absolute Gasteiger partial charge is 0.352 e. The molecule has 0 atom stereocenters. The molecule has 1 saturated carbocycles. The van der Waals surface area contributed by atoms with Crippen molar-refractivity contribution in [2.45, 2.75) is 32.1 Å². The van der Waals surface area contributed by atoms with E-state index in [2.05, 4.69) is 16.7 Å². The molecular formula is C12H21ClN2O. The van der Waals surface area contributed by atoms with Gasteiger partial charge in [-0.2, -0.15) is 0 Å². The molecule has 0 aromatic rings. The van der Waals surface area contributed by atoms with E-state index in [0.717, 1.165) is 32.5 Å². The first kappa shape index (κ1) is 13.5. The standard InChI is InChI=1S/C12H20N2O.ClH/c15-12(8-10-2-1-3-10)14-9-11-4-6-13-7-5-11;/h4,10,13H,1-3,5-9H2,(H,14,15);1H. The van der Waals surface area contributed by atoms with Gasteiger partial charge in [0.05, 0.1) is 0 Å². The number of carbonyl (C=O) groups excluding carboxylic acids is 1. The van der Waals surface area contributed by atoms with Crippen LogP contribution in [-0.2, 0) is 4.79 Å². The van der Waals surface area contributed by atoms with Crippen molar-refractivity contribution in [2.24, 2.45) is 5.92 Å². The summed E-state index contributed by atoms with van der Waals surface area (Å²) in [6, 6.07) is 0. The third kappa shape index (κ3) is 4.14. The lowest BCUT2D eigenvalue weighted by atomic mass is 9.83. The molecule has 0 radical (unpaired) electrons. The van der Waals surface area contributed by atoms with Crippen LogP contribution in [0, 0.1) is 5.92 Å². The summed E-state index contributed by atoms with van der Waals surface area (Å²) >= 11 is 0. The van der Waals surface area contributed by atoms with Crippen LogP contribution in [-0.4, -0.2) is 25.5 Å². The van der Waals surface area contributed by atoms with E-state index >= 15 is 0 Å². The molecule has 2 N–H and O–H groups in total. The minimum absolute atomic E-state index is 0. The number of amides is 1. The second-order valence-corrected chi connectivity index (χ2v) is 4.59. The number of hydrogen-bond acceptors (Lipinski definition) is 2. The molecule has 0 spiro atoms. The van der Waals surface area contributed by atoms with Crippen LogP contribution in [0.2, 0.25) is 0 Å². The van der Waals surface area contributed by atoms with Crippen molar-refractivity contribution in [3.8, 4) is 0 Å². The summed E-state index contributed by atoms with van der Waals surface area (Å²) in [5.74, 6) is 0.908. The van der Waals surface area contributed by atoms with Crippen molar-refractivity contribution in [2.75, 3.05) is 19.6 Å². The second-order valence-electron chi connectivity index (χ2n) is 4.59. The Hall–Kier alpha value is -0.540. The molecule has 0 bridgehead atoms. The SMILES string of the molecule is Cl.O=C(CC1CCC1)NCC1=CCNCC1. The van der Waals surface area contributed by atoms with Crippen LogP contribution in [0.4, 0.5) is 0 Å². The van der Waals surface area contributed by atoms with Gasteiger partial charge in [0.25, 0.3) is 0 Å². The van der Waals surface area contributed by atoms with Crippen molar-refractivity contribution < 1.29 is 4.79 Å². The lowest BCUT2D eigenvalue weighted by Gasteiger charge is -2.24. The van der Waals surface area contributed by atoms with Gasteiger partial charge in [-0.1, -0.05) is 18.1 Å². The van der Waals surface area contributed by atoms with Crippen molar-refractivity contribution in [1.82, 2.24) is 10.6 Å². The predicted octanol–water partition coefficient (Wildman–Crippen LogP) is 1.63. The molecule has 2 rings (SSSR count). The zero-order chi connectivity index (χ0) is 10.5. The summed E-state index contributed by atoms with van der Waals surface area (Å²) in [7, 11) is 0. The maximum absolute atomic E-state index is 11.5. The average Bonchev–Trinajstić information content (AvgIpc) is 2.22. The van der Waals surface area contributed by atoms with E-state index in [1.54, 1.807) is 0 Å². The van der Waals surface area contributed by atoms with Gasteiger partial charge in [0, 0.05) is 19.5 Å². The van der Waals surface area contributed by atoms with Gasteiger partial charge in [-0.15, -0.1) is 12.4 Å². The molecule has 0 saturated heterocycles. The molecule has 0 aromatic heterocycles. The number of carbonyl (C=O) groups is 1. The lowest BCUT2D eigenvalue weighted by molar-refractivity contribution is -0.122. The van der Waals surface area contributed by atoms with E-state index in [1.807, 2.05) is 0 Å². The van der Waals surface area contributed by atoms with Gasteiger partial charge in [-0.05, 0) is 31.7 Å². The van der Waals surface area contributed by atoms with Crippen LogP contribution in [0.25, 0.3) is 0 Å². The minimum Gasteiger partial charge on any atom is -0.352 e. The van der Waals surface area contributed by atoms with Gasteiger partial charge in [0.1, 0.15) is 0 Å². The van der Waals surface area contributed by atoms with E-state index in [1.165, 1.54) is 24.8 Å². The maximum Gasteiger partial charge on any atom is 0.220 e. The number of rotatable bonds is 4. The van der Waals surface area contributed by atoms with Crippen molar-refractivity contribution in [3.63, 3.8) is 0 Å². The first-order chi connectivity index (χ1) is 7.34. The highest BCUT2D eigenvalue weighted by Gasteiger charge is 2.20. The first-order valence-corrected chi connectivity index (χ1v) is 6.00. The van der Waals surface area contributed by atoms with E-state index in [-0.39, 0.29) is 18.3 Å². The molecule has 1 fully saturated rings. The summed E-state index contributed by atoms with van der Waals surface area (Å²) in [6.07, 6.45) is 7.82. The fraction of sp³-hybridized carbons (Fsp3) is 0.750. The van der Waals surface area contributed by atoms with E-state index in [9.17, 15) is 4.79 Å². The van der Waals surface area contributed by atoms with Crippen LogP contribution in [0.15, 0.2) is 11.6 Å². The molecule has 2 aliphatic rings. The summed E-state index contributed by atoms with van der Waals surface area (Å²) in [4.78, 5) is 11.5. The Morgan fingerprint density at radius 1 is 1.50 bits per heavy atom. The molecule has 16 heavy (non-hydrogen) atoms. The number of hydrogen-bond donors (Lipinski definition) is 2. The van der Waals surface area contributed by atoms with Gasteiger partial charge in [-0.3, -0.25) is 4.79 Å². The Balaban J connectivity index is 0.00000128. The van der Waals surface area contributed by atoms with Crippen LogP contribution in [0.5, 0.6) is 0 Å². The fourth-order valence-corrected chi connectivity index (χ4v) is 2.07. The van der Waals surface area contributed by atoms with Gasteiger partial charge in [-0.25, -0.2) is 0 Å². The molecule has 0 unspecified atom stereocenters. The van der Waals surface area contributed by atoms with Crippen molar-refractivity contribution in [3.05, 3.63) is 11.6 Å². The Bertz CT molecular complexity index is 262. The quantitative estimate of drug-likeness (QED) is 0.739. The van der Waals surface area contributed by atoms with E-state index < -0.39 is 0 Å². The van der Waals surface area contributed by atoms with Crippen molar-refractivity contribution >= 4 is 18.3 Å². The molecule has 1 amide bonds. The zero-order valence-corrected chi connectivity index (χ0v) is 10.4.